The Balaban J connectivity index is 0.000000163. The Morgan fingerprint density at radius 2 is 1.21 bits per heavy atom. The summed E-state index contributed by atoms with van der Waals surface area (Å²) in [6.45, 7) is 3.97. The lowest BCUT2D eigenvalue weighted by Gasteiger charge is -2.26. The van der Waals surface area contributed by atoms with Gasteiger partial charge in [0.05, 0.1) is 0 Å². The molecule has 5 N–H and O–H groups in total. The van der Waals surface area contributed by atoms with Crippen LogP contribution in [0.5, 0.6) is 0 Å². The zero-order chi connectivity index (χ0) is 30.9. The summed E-state index contributed by atoms with van der Waals surface area (Å²) in [5.41, 5.74) is 6.64. The van der Waals surface area contributed by atoms with Gasteiger partial charge in [-0.2, -0.15) is 0 Å². The first-order valence-electron chi connectivity index (χ1n) is 14.6. The molecule has 4 aromatic rings. The van der Waals surface area contributed by atoms with Crippen molar-refractivity contribution in [3.8, 4) is 0 Å². The number of aromatic nitrogens is 4. The molecule has 6 rings (SSSR count). The molecule has 2 heterocycles. The predicted molar refractivity (Wildman–Crippen MR) is 171 cm³/mol. The van der Waals surface area contributed by atoms with Crippen LogP contribution < -0.4 is 33.5 Å². The lowest BCUT2D eigenvalue weighted by atomic mass is 9.93. The Bertz CT molecular complexity index is 1640. The minimum Gasteiger partial charge on any atom is -0.365 e. The van der Waals surface area contributed by atoms with E-state index in [4.69, 9.17) is 17.3 Å². The zero-order valence-corrected chi connectivity index (χ0v) is 25.2. The molecule has 0 radical (unpaired) electrons. The Labute approximate surface area is 254 Å². The molecular weight excluding hydrogens is 568 g/mol. The molecule has 228 valence electrons. The molecule has 0 unspecified atom stereocenters. The maximum absolute atomic E-state index is 12.1. The third-order valence-corrected chi connectivity index (χ3v) is 7.98. The van der Waals surface area contributed by atoms with Crippen LogP contribution in [-0.4, -0.2) is 19.1 Å². The number of aromatic amines is 2. The second kappa shape index (κ2) is 14.8. The van der Waals surface area contributed by atoms with Crippen molar-refractivity contribution in [3.63, 3.8) is 0 Å². The summed E-state index contributed by atoms with van der Waals surface area (Å²) in [5.74, 6) is 0.469. The van der Waals surface area contributed by atoms with Gasteiger partial charge in [0.25, 0.3) is 11.1 Å². The number of benzene rings is 2. The van der Waals surface area contributed by atoms with E-state index in [1.54, 1.807) is 0 Å². The second-order valence-corrected chi connectivity index (χ2v) is 11.4. The van der Waals surface area contributed by atoms with Crippen molar-refractivity contribution in [2.75, 3.05) is 5.32 Å². The highest BCUT2D eigenvalue weighted by Gasteiger charge is 2.23. The Morgan fingerprint density at radius 1 is 0.744 bits per heavy atom. The van der Waals surface area contributed by atoms with E-state index in [2.05, 4.69) is 15.3 Å². The highest BCUT2D eigenvalue weighted by Crippen LogP contribution is 2.29. The van der Waals surface area contributed by atoms with Gasteiger partial charge >= 0.3 is 11.4 Å². The first-order valence-corrected chi connectivity index (χ1v) is 15.0. The average molecular weight is 607 g/mol. The fraction of sp³-hybridized carbons (Fsp3) is 0.375. The van der Waals surface area contributed by atoms with E-state index < -0.39 is 5.69 Å². The van der Waals surface area contributed by atoms with Crippen LogP contribution in [0.1, 0.15) is 87.7 Å². The van der Waals surface area contributed by atoms with Crippen molar-refractivity contribution in [2.45, 2.75) is 76.5 Å². The van der Waals surface area contributed by atoms with E-state index in [0.717, 1.165) is 44.1 Å². The van der Waals surface area contributed by atoms with Gasteiger partial charge in [0, 0.05) is 36.3 Å². The molecule has 2 aliphatic rings. The molecule has 2 saturated carbocycles. The molecule has 0 spiro atoms. The summed E-state index contributed by atoms with van der Waals surface area (Å²) in [6, 6.07) is 23.0. The summed E-state index contributed by atoms with van der Waals surface area (Å²) in [6.07, 6.45) is 5.81. The Morgan fingerprint density at radius 3 is 1.60 bits per heavy atom. The van der Waals surface area contributed by atoms with Crippen LogP contribution in [0.15, 0.2) is 92.0 Å². The van der Waals surface area contributed by atoms with E-state index in [1.807, 2.05) is 74.5 Å². The third-order valence-electron chi connectivity index (χ3n) is 7.78. The molecular formula is C32H39ClN6O4. The van der Waals surface area contributed by atoms with Crippen molar-refractivity contribution in [2.24, 2.45) is 5.73 Å². The summed E-state index contributed by atoms with van der Waals surface area (Å²) in [5, 5.41) is 3.28. The van der Waals surface area contributed by atoms with Crippen molar-refractivity contribution in [1.82, 2.24) is 19.1 Å². The smallest absolute Gasteiger partial charge is 0.330 e. The first-order chi connectivity index (χ1) is 20.6. The van der Waals surface area contributed by atoms with E-state index in [9.17, 15) is 19.2 Å². The Hall–Kier alpha value is -4.15. The van der Waals surface area contributed by atoms with Crippen LogP contribution in [0.4, 0.5) is 5.82 Å². The van der Waals surface area contributed by atoms with Gasteiger partial charge in [-0.25, -0.2) is 9.59 Å². The first kappa shape index (κ1) is 31.8. The molecule has 2 fully saturated rings. The number of H-pyrrole nitrogens is 2. The standard InChI is InChI=1S/C16H19N3O2.C8H9ClN2O2.C8H11N/c1-11(12-6-3-2-4-7-12)17-14-10-15(20)19(16(21)18-14)13-8-5-9-13;9-6-4-7(12)11(8(13)10-6)5-2-1-3-5;1-7(9)8-5-3-2-4-6-8/h2-4,6-7,10-11,13,17H,5,8-9H2,1H3,(H,18,21);4-5H,1-3H2,(H,10,13);2-7H,9H2,1H3/t11-;;7-/m0.0/s1. The molecule has 43 heavy (non-hydrogen) atoms. The van der Waals surface area contributed by atoms with Crippen LogP contribution in [0, 0.1) is 0 Å². The fourth-order valence-corrected chi connectivity index (χ4v) is 5.03. The number of hydrogen-bond acceptors (Lipinski definition) is 6. The monoisotopic (exact) mass is 606 g/mol. The number of anilines is 1. The van der Waals surface area contributed by atoms with Crippen LogP contribution in [-0.2, 0) is 0 Å². The number of nitrogens with two attached hydrogens (primary N) is 1. The van der Waals surface area contributed by atoms with Gasteiger partial charge in [0.2, 0.25) is 0 Å². The van der Waals surface area contributed by atoms with E-state index >= 15 is 0 Å². The fourth-order valence-electron chi connectivity index (χ4n) is 4.86. The number of hydrogen-bond donors (Lipinski definition) is 4. The predicted octanol–water partition coefficient (Wildman–Crippen LogP) is 5.06. The van der Waals surface area contributed by atoms with Crippen molar-refractivity contribution < 1.29 is 0 Å². The number of halogens is 1. The molecule has 11 heteroatoms. The SMILES string of the molecule is C[C@H](N)c1ccccc1.C[C@H](Nc1cc(=O)n(C2CCC2)c(=O)[nH]1)c1ccccc1.O=c1cc(Cl)[nH]c(=O)n1C1CCC1. The van der Waals surface area contributed by atoms with Crippen LogP contribution in [0.3, 0.4) is 0 Å². The maximum Gasteiger partial charge on any atom is 0.330 e. The normalized spacial score (nSPS) is 15.8. The highest BCUT2D eigenvalue weighted by atomic mass is 35.5. The number of nitrogens with zero attached hydrogens (tertiary/aromatic N) is 2. The summed E-state index contributed by atoms with van der Waals surface area (Å²) in [4.78, 5) is 52.0. The summed E-state index contributed by atoms with van der Waals surface area (Å²) in [7, 11) is 0. The minimum atomic E-state index is -0.401. The van der Waals surface area contributed by atoms with Crippen molar-refractivity contribution in [1.29, 1.82) is 0 Å². The molecule has 0 aliphatic heterocycles. The summed E-state index contributed by atoms with van der Waals surface area (Å²) < 4.78 is 2.58. The molecule has 0 saturated heterocycles. The lowest BCUT2D eigenvalue weighted by molar-refractivity contribution is 0.296. The maximum atomic E-state index is 12.1. The van der Waals surface area contributed by atoms with Gasteiger partial charge in [-0.1, -0.05) is 72.3 Å². The largest absolute Gasteiger partial charge is 0.365 e. The third kappa shape index (κ3) is 8.46. The molecule has 10 nitrogen and oxygen atoms in total. The molecule has 0 amide bonds. The number of nitrogens with one attached hydrogen (secondary N) is 3. The van der Waals surface area contributed by atoms with Crippen molar-refractivity contribution >= 4 is 17.4 Å². The highest BCUT2D eigenvalue weighted by molar-refractivity contribution is 6.29. The quantitative estimate of drug-likeness (QED) is 0.226. The molecule has 2 atom stereocenters. The molecule has 2 aromatic heterocycles. The van der Waals surface area contributed by atoms with Gasteiger partial charge in [0.1, 0.15) is 11.0 Å². The van der Waals surface area contributed by atoms with Crippen LogP contribution >= 0.6 is 11.6 Å². The minimum absolute atomic E-state index is 0.0146. The van der Waals surface area contributed by atoms with E-state index in [0.29, 0.717) is 5.82 Å². The second-order valence-electron chi connectivity index (χ2n) is 11.0. The van der Waals surface area contributed by atoms with E-state index in [1.165, 1.54) is 26.8 Å². The van der Waals surface area contributed by atoms with E-state index in [-0.39, 0.29) is 46.1 Å². The Kier molecular flexibility index (Phi) is 11.0. The lowest BCUT2D eigenvalue weighted by Crippen LogP contribution is -2.40. The van der Waals surface area contributed by atoms with Gasteiger partial charge in [-0.3, -0.25) is 28.7 Å². The van der Waals surface area contributed by atoms with Crippen molar-refractivity contribution in [3.05, 3.63) is 131 Å². The summed E-state index contributed by atoms with van der Waals surface area (Å²) >= 11 is 5.52. The average Bonchev–Trinajstić information content (AvgIpc) is 2.92. The van der Waals surface area contributed by atoms with Gasteiger partial charge < -0.3 is 11.1 Å². The van der Waals surface area contributed by atoms with Gasteiger partial charge in [0.15, 0.2) is 0 Å². The number of rotatable bonds is 6. The molecule has 2 aliphatic carbocycles. The van der Waals surface area contributed by atoms with Gasteiger partial charge in [-0.05, 0) is 63.5 Å². The topological polar surface area (TPSA) is 148 Å². The molecule has 2 aromatic carbocycles. The van der Waals surface area contributed by atoms with Crippen LogP contribution in [0.25, 0.3) is 0 Å². The zero-order valence-electron chi connectivity index (χ0n) is 24.5. The van der Waals surface area contributed by atoms with Gasteiger partial charge in [-0.15, -0.1) is 0 Å². The molecule has 0 bridgehead atoms. The van der Waals surface area contributed by atoms with Crippen LogP contribution in [0.2, 0.25) is 5.15 Å².